The van der Waals surface area contributed by atoms with E-state index in [0.717, 1.165) is 11.3 Å². The summed E-state index contributed by atoms with van der Waals surface area (Å²) < 4.78 is 20.2. The number of nitrogens with zero attached hydrogens (tertiary/aromatic N) is 4. The first-order chi connectivity index (χ1) is 15.0. The number of halogens is 1. The first-order valence-corrected chi connectivity index (χ1v) is 9.86. The summed E-state index contributed by atoms with van der Waals surface area (Å²) in [6.07, 6.45) is 3.48. The molecule has 3 heterocycles. The smallest absolute Gasteiger partial charge is 0.260 e. The fourth-order valence-corrected chi connectivity index (χ4v) is 3.51. The zero-order valence-electron chi connectivity index (χ0n) is 17.0. The summed E-state index contributed by atoms with van der Waals surface area (Å²) in [6.45, 7) is 0.631. The molecule has 9 heteroatoms. The van der Waals surface area contributed by atoms with E-state index in [4.69, 9.17) is 4.74 Å². The van der Waals surface area contributed by atoms with Gasteiger partial charge in [-0.25, -0.2) is 4.39 Å². The van der Waals surface area contributed by atoms with Gasteiger partial charge >= 0.3 is 0 Å². The Morgan fingerprint density at radius 3 is 2.77 bits per heavy atom. The van der Waals surface area contributed by atoms with Crippen molar-refractivity contribution >= 4 is 11.8 Å². The van der Waals surface area contributed by atoms with E-state index in [0.29, 0.717) is 24.5 Å². The number of hydrogen-bond donors (Lipinski definition) is 1. The standard InChI is InChI=1S/C22H22FN5O3/c1-27-11-15-12-28(20(29)14-31-18-7-5-16(23)6-8-18)13-19(21(15)26-27)22(30)25-10-17-4-2-3-9-24-17/h2-9,11,19H,10,12-14H2,1H3,(H,25,30)/t19-/m1/s1. The van der Waals surface area contributed by atoms with Crippen molar-refractivity contribution in [2.45, 2.75) is 19.0 Å². The molecule has 0 bridgehead atoms. The summed E-state index contributed by atoms with van der Waals surface area (Å²) in [5, 5.41) is 7.33. The Morgan fingerprint density at radius 1 is 1.23 bits per heavy atom. The number of aryl methyl sites for hydroxylation is 1. The van der Waals surface area contributed by atoms with Crippen LogP contribution in [0.25, 0.3) is 0 Å². The molecule has 2 amide bonds. The molecule has 0 aliphatic carbocycles. The fraction of sp³-hybridized carbons (Fsp3) is 0.273. The van der Waals surface area contributed by atoms with Crippen LogP contribution in [0.1, 0.15) is 22.9 Å². The maximum atomic E-state index is 13.0. The number of nitrogens with one attached hydrogen (secondary N) is 1. The van der Waals surface area contributed by atoms with E-state index in [2.05, 4.69) is 15.4 Å². The molecule has 4 rings (SSSR count). The topological polar surface area (TPSA) is 89.4 Å². The molecule has 1 atom stereocenters. The van der Waals surface area contributed by atoms with Crippen LogP contribution >= 0.6 is 0 Å². The number of fused-ring (bicyclic) bond motifs is 1. The molecular weight excluding hydrogens is 401 g/mol. The lowest BCUT2D eigenvalue weighted by atomic mass is 9.95. The molecule has 1 aromatic carbocycles. The van der Waals surface area contributed by atoms with E-state index in [1.165, 1.54) is 24.3 Å². The lowest BCUT2D eigenvalue weighted by Gasteiger charge is -2.31. The molecular formula is C22H22FN5O3. The zero-order valence-corrected chi connectivity index (χ0v) is 17.0. The summed E-state index contributed by atoms with van der Waals surface area (Å²) in [5.74, 6) is -1.05. The van der Waals surface area contributed by atoms with E-state index in [1.807, 2.05) is 24.4 Å². The van der Waals surface area contributed by atoms with E-state index in [1.54, 1.807) is 22.8 Å². The van der Waals surface area contributed by atoms with Gasteiger partial charge in [-0.1, -0.05) is 6.07 Å². The van der Waals surface area contributed by atoms with Crippen molar-refractivity contribution in [1.29, 1.82) is 0 Å². The average molecular weight is 423 g/mol. The number of rotatable bonds is 6. The first kappa shape index (κ1) is 20.5. The summed E-state index contributed by atoms with van der Waals surface area (Å²) in [5.41, 5.74) is 2.24. The van der Waals surface area contributed by atoms with Gasteiger partial charge in [0.05, 0.1) is 23.9 Å². The van der Waals surface area contributed by atoms with Crippen molar-refractivity contribution in [3.05, 3.63) is 77.6 Å². The van der Waals surface area contributed by atoms with Gasteiger partial charge in [0, 0.05) is 38.1 Å². The molecule has 0 saturated heterocycles. The van der Waals surface area contributed by atoms with Crippen molar-refractivity contribution in [2.24, 2.45) is 7.05 Å². The normalized spacial score (nSPS) is 15.3. The maximum Gasteiger partial charge on any atom is 0.260 e. The Labute approximate surface area is 178 Å². The summed E-state index contributed by atoms with van der Waals surface area (Å²) in [6, 6.07) is 11.0. The third-order valence-electron chi connectivity index (χ3n) is 5.05. The van der Waals surface area contributed by atoms with Gasteiger partial charge in [-0.15, -0.1) is 0 Å². The maximum absolute atomic E-state index is 13.0. The van der Waals surface area contributed by atoms with E-state index in [-0.39, 0.29) is 30.8 Å². The minimum absolute atomic E-state index is 0.198. The zero-order chi connectivity index (χ0) is 21.8. The second-order valence-electron chi connectivity index (χ2n) is 7.32. The predicted octanol–water partition coefficient (Wildman–Crippen LogP) is 1.78. The molecule has 2 aromatic heterocycles. The molecule has 0 fully saturated rings. The van der Waals surface area contributed by atoms with Crippen molar-refractivity contribution < 1.29 is 18.7 Å². The Morgan fingerprint density at radius 2 is 2.03 bits per heavy atom. The summed E-state index contributed by atoms with van der Waals surface area (Å²) in [7, 11) is 1.78. The van der Waals surface area contributed by atoms with Gasteiger partial charge in [0.15, 0.2) is 6.61 Å². The van der Waals surface area contributed by atoms with Gasteiger partial charge in [-0.2, -0.15) is 5.10 Å². The van der Waals surface area contributed by atoms with Crippen molar-refractivity contribution in [3.8, 4) is 5.75 Å². The second kappa shape index (κ2) is 8.95. The lowest BCUT2D eigenvalue weighted by Crippen LogP contribution is -2.45. The minimum atomic E-state index is -0.594. The van der Waals surface area contributed by atoms with Gasteiger partial charge < -0.3 is 15.0 Å². The Bertz CT molecular complexity index is 1070. The molecule has 0 radical (unpaired) electrons. The average Bonchev–Trinajstić information content (AvgIpc) is 3.17. The molecule has 0 spiro atoms. The highest BCUT2D eigenvalue weighted by Crippen LogP contribution is 2.27. The number of ether oxygens (including phenoxy) is 1. The predicted molar refractivity (Wildman–Crippen MR) is 109 cm³/mol. The number of carbonyl (C=O) groups excluding carboxylic acids is 2. The highest BCUT2D eigenvalue weighted by atomic mass is 19.1. The van der Waals surface area contributed by atoms with E-state index >= 15 is 0 Å². The lowest BCUT2D eigenvalue weighted by molar-refractivity contribution is -0.135. The van der Waals surface area contributed by atoms with Crippen LogP contribution in [-0.2, 0) is 29.7 Å². The van der Waals surface area contributed by atoms with Gasteiger partial charge in [-0.3, -0.25) is 19.3 Å². The molecule has 1 aliphatic rings. The number of pyridine rings is 1. The molecule has 3 aromatic rings. The van der Waals surface area contributed by atoms with Gasteiger partial charge in [0.25, 0.3) is 5.91 Å². The van der Waals surface area contributed by atoms with Crippen LogP contribution < -0.4 is 10.1 Å². The largest absolute Gasteiger partial charge is 0.484 e. The highest BCUT2D eigenvalue weighted by Gasteiger charge is 2.35. The molecule has 0 saturated carbocycles. The molecule has 160 valence electrons. The van der Waals surface area contributed by atoms with Gasteiger partial charge in [0.2, 0.25) is 5.91 Å². The van der Waals surface area contributed by atoms with Crippen molar-refractivity contribution in [2.75, 3.05) is 13.2 Å². The van der Waals surface area contributed by atoms with Crippen molar-refractivity contribution in [3.63, 3.8) is 0 Å². The fourth-order valence-electron chi connectivity index (χ4n) is 3.51. The highest BCUT2D eigenvalue weighted by molar-refractivity contribution is 5.86. The van der Waals surface area contributed by atoms with Crippen LogP contribution in [0.4, 0.5) is 4.39 Å². The SMILES string of the molecule is Cn1cc2c(n1)[C@H](C(=O)NCc1ccccn1)CN(C(=O)COc1ccc(F)cc1)C2. The van der Waals surface area contributed by atoms with Crippen LogP contribution in [0, 0.1) is 5.82 Å². The third kappa shape index (κ3) is 4.88. The van der Waals surface area contributed by atoms with Gasteiger partial charge in [0.1, 0.15) is 11.6 Å². The third-order valence-corrected chi connectivity index (χ3v) is 5.05. The van der Waals surface area contributed by atoms with Crippen molar-refractivity contribution in [1.82, 2.24) is 25.0 Å². The first-order valence-electron chi connectivity index (χ1n) is 9.86. The summed E-state index contributed by atoms with van der Waals surface area (Å²) in [4.78, 5) is 31.5. The molecule has 8 nitrogen and oxygen atoms in total. The minimum Gasteiger partial charge on any atom is -0.484 e. The number of aromatic nitrogens is 3. The van der Waals surface area contributed by atoms with Crippen LogP contribution in [-0.4, -0.2) is 44.6 Å². The van der Waals surface area contributed by atoms with Crippen LogP contribution in [0.2, 0.25) is 0 Å². The molecule has 31 heavy (non-hydrogen) atoms. The number of amides is 2. The molecule has 1 N–H and O–H groups in total. The number of carbonyl (C=O) groups is 2. The van der Waals surface area contributed by atoms with Crippen LogP contribution in [0.15, 0.2) is 54.9 Å². The van der Waals surface area contributed by atoms with E-state index in [9.17, 15) is 14.0 Å². The second-order valence-corrected chi connectivity index (χ2v) is 7.32. The summed E-state index contributed by atoms with van der Waals surface area (Å²) >= 11 is 0. The van der Waals surface area contributed by atoms with E-state index < -0.39 is 5.92 Å². The van der Waals surface area contributed by atoms with Gasteiger partial charge in [-0.05, 0) is 36.4 Å². The monoisotopic (exact) mass is 423 g/mol. The van der Waals surface area contributed by atoms with Crippen LogP contribution in [0.5, 0.6) is 5.75 Å². The quantitative estimate of drug-likeness (QED) is 0.653. The Balaban J connectivity index is 1.43. The molecule has 0 unspecified atom stereocenters. The number of hydrogen-bond acceptors (Lipinski definition) is 5. The Kier molecular flexibility index (Phi) is 5.92. The van der Waals surface area contributed by atoms with Crippen LogP contribution in [0.3, 0.4) is 0 Å². The molecule has 1 aliphatic heterocycles. The number of benzene rings is 1. The Hall–Kier alpha value is -3.75.